The lowest BCUT2D eigenvalue weighted by molar-refractivity contribution is 0.280. The van der Waals surface area contributed by atoms with Crippen LogP contribution < -0.4 is 0 Å². The van der Waals surface area contributed by atoms with Crippen LogP contribution in [0, 0.1) is 0 Å². The fourth-order valence-corrected chi connectivity index (χ4v) is 2.32. The molecule has 0 fully saturated rings. The quantitative estimate of drug-likeness (QED) is 0.868. The first-order valence-corrected chi connectivity index (χ1v) is 6.91. The molecule has 1 nitrogen and oxygen atoms in total. The van der Waals surface area contributed by atoms with Gasteiger partial charge < -0.3 is 5.11 Å². The third-order valence-electron chi connectivity index (χ3n) is 2.73. The second kappa shape index (κ2) is 5.80. The van der Waals surface area contributed by atoms with Crippen molar-refractivity contribution in [1.29, 1.82) is 0 Å². The van der Waals surface area contributed by atoms with Gasteiger partial charge in [0.15, 0.2) is 0 Å². The van der Waals surface area contributed by atoms with Crippen molar-refractivity contribution < 1.29 is 5.11 Å². The molecule has 0 saturated carbocycles. The van der Waals surface area contributed by atoms with Gasteiger partial charge in [0.25, 0.3) is 0 Å². The van der Waals surface area contributed by atoms with Crippen molar-refractivity contribution in [3.05, 3.63) is 68.6 Å². The number of hydrogen-bond acceptors (Lipinski definition) is 1. The number of hydrogen-bond donors (Lipinski definition) is 1. The fourth-order valence-electron chi connectivity index (χ4n) is 1.79. The van der Waals surface area contributed by atoms with Crippen molar-refractivity contribution in [3.63, 3.8) is 0 Å². The van der Waals surface area contributed by atoms with Crippen LogP contribution in [-0.4, -0.2) is 11.7 Å². The number of rotatable bonds is 3. The summed E-state index contributed by atoms with van der Waals surface area (Å²) in [6, 6.07) is 16.1. The van der Waals surface area contributed by atoms with Gasteiger partial charge >= 0.3 is 0 Å². The SMILES string of the molecule is OCC(c1ccc(Br)cc1)c1ccc(Br)cc1. The van der Waals surface area contributed by atoms with E-state index in [1.165, 1.54) is 0 Å². The number of halogens is 2. The minimum absolute atomic E-state index is 0.0381. The topological polar surface area (TPSA) is 20.2 Å². The highest BCUT2D eigenvalue weighted by molar-refractivity contribution is 9.10. The van der Waals surface area contributed by atoms with E-state index < -0.39 is 0 Å². The summed E-state index contributed by atoms with van der Waals surface area (Å²) in [4.78, 5) is 0. The lowest BCUT2D eigenvalue weighted by atomic mass is 9.92. The van der Waals surface area contributed by atoms with Crippen LogP contribution in [0.3, 0.4) is 0 Å². The van der Waals surface area contributed by atoms with E-state index in [4.69, 9.17) is 0 Å². The number of aliphatic hydroxyl groups excluding tert-OH is 1. The van der Waals surface area contributed by atoms with Crippen molar-refractivity contribution in [3.8, 4) is 0 Å². The van der Waals surface area contributed by atoms with Gasteiger partial charge in [0.1, 0.15) is 0 Å². The third-order valence-corrected chi connectivity index (χ3v) is 3.78. The molecule has 0 aliphatic rings. The van der Waals surface area contributed by atoms with Crippen molar-refractivity contribution >= 4 is 31.9 Å². The Bertz CT molecular complexity index is 431. The molecule has 2 rings (SSSR count). The molecule has 1 N–H and O–H groups in total. The molecule has 0 bridgehead atoms. The Morgan fingerprint density at radius 1 is 0.765 bits per heavy atom. The van der Waals surface area contributed by atoms with Gasteiger partial charge in [0.05, 0.1) is 6.61 Å². The molecule has 88 valence electrons. The fraction of sp³-hybridized carbons (Fsp3) is 0.143. The van der Waals surface area contributed by atoms with Crippen molar-refractivity contribution in [2.24, 2.45) is 0 Å². The maximum absolute atomic E-state index is 9.55. The van der Waals surface area contributed by atoms with Crippen LogP contribution >= 0.6 is 31.9 Å². The van der Waals surface area contributed by atoms with Gasteiger partial charge in [0, 0.05) is 14.9 Å². The highest BCUT2D eigenvalue weighted by Crippen LogP contribution is 2.26. The zero-order valence-electron chi connectivity index (χ0n) is 9.11. The second-order valence-corrected chi connectivity index (χ2v) is 5.67. The van der Waals surface area contributed by atoms with Gasteiger partial charge in [-0.25, -0.2) is 0 Å². The van der Waals surface area contributed by atoms with E-state index in [0.29, 0.717) is 0 Å². The maximum Gasteiger partial charge on any atom is 0.0540 e. The van der Waals surface area contributed by atoms with E-state index >= 15 is 0 Å². The summed E-state index contributed by atoms with van der Waals surface area (Å²) < 4.78 is 2.10. The van der Waals surface area contributed by atoms with E-state index in [0.717, 1.165) is 20.1 Å². The molecule has 0 heterocycles. The van der Waals surface area contributed by atoms with Gasteiger partial charge in [0.2, 0.25) is 0 Å². The summed E-state index contributed by atoms with van der Waals surface area (Å²) in [6.45, 7) is 0.114. The summed E-state index contributed by atoms with van der Waals surface area (Å²) in [5.74, 6) is 0.0381. The minimum Gasteiger partial charge on any atom is -0.395 e. The summed E-state index contributed by atoms with van der Waals surface area (Å²) in [7, 11) is 0. The molecule has 17 heavy (non-hydrogen) atoms. The van der Waals surface area contributed by atoms with Gasteiger partial charge in [-0.05, 0) is 35.4 Å². The van der Waals surface area contributed by atoms with Crippen LogP contribution in [0.5, 0.6) is 0 Å². The molecule has 2 aromatic carbocycles. The molecule has 0 spiro atoms. The van der Waals surface area contributed by atoms with Gasteiger partial charge in [-0.15, -0.1) is 0 Å². The van der Waals surface area contributed by atoms with Crippen LogP contribution in [0.1, 0.15) is 17.0 Å². The summed E-state index contributed by atoms with van der Waals surface area (Å²) in [5, 5.41) is 9.55. The van der Waals surface area contributed by atoms with Crippen LogP contribution in [0.4, 0.5) is 0 Å². The van der Waals surface area contributed by atoms with Crippen LogP contribution in [-0.2, 0) is 0 Å². The first-order valence-electron chi connectivity index (χ1n) is 5.32. The number of benzene rings is 2. The Morgan fingerprint density at radius 2 is 1.12 bits per heavy atom. The predicted molar refractivity (Wildman–Crippen MR) is 77.2 cm³/mol. The van der Waals surface area contributed by atoms with E-state index in [-0.39, 0.29) is 12.5 Å². The molecule has 0 aliphatic heterocycles. The molecule has 0 saturated heterocycles. The average Bonchev–Trinajstić information content (AvgIpc) is 2.35. The molecule has 0 amide bonds. The molecule has 0 unspecified atom stereocenters. The molecule has 0 aromatic heterocycles. The zero-order valence-corrected chi connectivity index (χ0v) is 12.3. The minimum atomic E-state index is 0.0381. The zero-order chi connectivity index (χ0) is 12.3. The van der Waals surface area contributed by atoms with Crippen molar-refractivity contribution in [2.45, 2.75) is 5.92 Å². The van der Waals surface area contributed by atoms with E-state index in [1.54, 1.807) is 0 Å². The summed E-state index contributed by atoms with van der Waals surface area (Å²) in [6.07, 6.45) is 0. The van der Waals surface area contributed by atoms with Gasteiger partial charge in [-0.1, -0.05) is 56.1 Å². The summed E-state index contributed by atoms with van der Waals surface area (Å²) in [5.41, 5.74) is 2.25. The first kappa shape index (κ1) is 12.8. The van der Waals surface area contributed by atoms with E-state index in [9.17, 15) is 5.11 Å². The highest BCUT2D eigenvalue weighted by atomic mass is 79.9. The Hall–Kier alpha value is -0.640. The molecule has 0 aliphatic carbocycles. The Morgan fingerprint density at radius 3 is 1.41 bits per heavy atom. The second-order valence-electron chi connectivity index (χ2n) is 3.84. The van der Waals surface area contributed by atoms with Crippen molar-refractivity contribution in [2.75, 3.05) is 6.61 Å². The molecule has 2 aromatic rings. The first-order chi connectivity index (χ1) is 8.20. The Balaban J connectivity index is 2.33. The van der Waals surface area contributed by atoms with Gasteiger partial charge in [-0.3, -0.25) is 0 Å². The molecule has 0 atom stereocenters. The Kier molecular flexibility index (Phi) is 4.37. The average molecular weight is 356 g/mol. The molecule has 3 heteroatoms. The number of aliphatic hydroxyl groups is 1. The van der Waals surface area contributed by atoms with E-state index in [2.05, 4.69) is 31.9 Å². The molecular formula is C14H12Br2O. The monoisotopic (exact) mass is 354 g/mol. The standard InChI is InChI=1S/C14H12Br2O/c15-12-5-1-10(2-6-12)14(9-17)11-3-7-13(16)8-4-11/h1-8,14,17H,9H2. The maximum atomic E-state index is 9.55. The third kappa shape index (κ3) is 3.18. The van der Waals surface area contributed by atoms with E-state index in [1.807, 2.05) is 48.5 Å². The Labute approximate surface area is 118 Å². The van der Waals surface area contributed by atoms with Crippen LogP contribution in [0.15, 0.2) is 57.5 Å². The van der Waals surface area contributed by atoms with Crippen LogP contribution in [0.25, 0.3) is 0 Å². The normalized spacial score (nSPS) is 10.8. The smallest absolute Gasteiger partial charge is 0.0540 e. The van der Waals surface area contributed by atoms with Gasteiger partial charge in [-0.2, -0.15) is 0 Å². The lowest BCUT2D eigenvalue weighted by Gasteiger charge is -2.15. The largest absolute Gasteiger partial charge is 0.395 e. The molecule has 0 radical (unpaired) electrons. The van der Waals surface area contributed by atoms with Crippen molar-refractivity contribution in [1.82, 2.24) is 0 Å². The van der Waals surface area contributed by atoms with Crippen LogP contribution in [0.2, 0.25) is 0 Å². The molecular weight excluding hydrogens is 344 g/mol. The summed E-state index contributed by atoms with van der Waals surface area (Å²) >= 11 is 6.83. The highest BCUT2D eigenvalue weighted by Gasteiger charge is 2.12. The lowest BCUT2D eigenvalue weighted by Crippen LogP contribution is -2.05. The predicted octanol–water partition coefficient (Wildman–Crippen LogP) is 4.34.